The fraction of sp³-hybridized carbons (Fsp3) is 1.00. The van der Waals surface area contributed by atoms with Crippen LogP contribution in [0.1, 0.15) is 33.5 Å². The summed E-state index contributed by atoms with van der Waals surface area (Å²) >= 11 is 0. The van der Waals surface area contributed by atoms with Gasteiger partial charge in [0.1, 0.15) is 0 Å². The van der Waals surface area contributed by atoms with Gasteiger partial charge in [-0.3, -0.25) is 0 Å². The van der Waals surface area contributed by atoms with Gasteiger partial charge in [0.25, 0.3) is 0 Å². The van der Waals surface area contributed by atoms with Gasteiger partial charge in [-0.15, -0.1) is 0 Å². The SMILES string of the molecule is COC1CCCCC1.[HH]. The van der Waals surface area contributed by atoms with Crippen molar-refractivity contribution in [1.29, 1.82) is 0 Å². The zero-order valence-electron chi connectivity index (χ0n) is 5.52. The number of ether oxygens (including phenoxy) is 1. The molecule has 0 aromatic heterocycles. The van der Waals surface area contributed by atoms with Crippen LogP contribution in [0.15, 0.2) is 0 Å². The average Bonchev–Trinajstić information content (AvgIpc) is 1.90. The lowest BCUT2D eigenvalue weighted by Crippen LogP contribution is -2.13. The summed E-state index contributed by atoms with van der Waals surface area (Å²) < 4.78 is 5.19. The first-order valence-electron chi connectivity index (χ1n) is 3.46. The maximum Gasteiger partial charge on any atom is 0.0571 e. The van der Waals surface area contributed by atoms with Crippen LogP contribution < -0.4 is 0 Å². The second-order valence-electron chi connectivity index (χ2n) is 2.50. The summed E-state index contributed by atoms with van der Waals surface area (Å²) in [6.45, 7) is 0. The van der Waals surface area contributed by atoms with Crippen molar-refractivity contribution in [3.8, 4) is 0 Å². The van der Waals surface area contributed by atoms with Crippen LogP contribution >= 0.6 is 0 Å². The molecule has 8 heavy (non-hydrogen) atoms. The molecule has 0 aliphatic heterocycles. The summed E-state index contributed by atoms with van der Waals surface area (Å²) in [6.07, 6.45) is 7.33. The van der Waals surface area contributed by atoms with Crippen molar-refractivity contribution >= 4 is 0 Å². The minimum atomic E-state index is 0. The molecule has 50 valence electrons. The van der Waals surface area contributed by atoms with Gasteiger partial charge in [-0.1, -0.05) is 19.3 Å². The Balaban J connectivity index is 0.000000640. The minimum Gasteiger partial charge on any atom is -0.381 e. The predicted octanol–water partition coefficient (Wildman–Crippen LogP) is 2.21. The monoisotopic (exact) mass is 116 g/mol. The summed E-state index contributed by atoms with van der Waals surface area (Å²) in [7, 11) is 1.82. The molecule has 0 bridgehead atoms. The van der Waals surface area contributed by atoms with Gasteiger partial charge < -0.3 is 4.74 Å². The van der Waals surface area contributed by atoms with Crippen molar-refractivity contribution in [3.05, 3.63) is 0 Å². The fourth-order valence-corrected chi connectivity index (χ4v) is 1.30. The third-order valence-corrected chi connectivity index (χ3v) is 1.89. The first kappa shape index (κ1) is 6.09. The number of hydrogen-bond acceptors (Lipinski definition) is 1. The Kier molecular flexibility index (Phi) is 2.34. The maximum absolute atomic E-state index is 5.19. The smallest absolute Gasteiger partial charge is 0.0571 e. The molecule has 0 radical (unpaired) electrons. The van der Waals surface area contributed by atoms with Gasteiger partial charge in [-0.2, -0.15) is 0 Å². The Labute approximate surface area is 52.5 Å². The molecule has 0 unspecified atom stereocenters. The fourth-order valence-electron chi connectivity index (χ4n) is 1.30. The van der Waals surface area contributed by atoms with E-state index in [1.807, 2.05) is 7.11 Å². The molecule has 0 atom stereocenters. The first-order chi connectivity index (χ1) is 3.93. The molecule has 1 saturated carbocycles. The van der Waals surface area contributed by atoms with Crippen LogP contribution in [0.5, 0.6) is 0 Å². The molecule has 0 spiro atoms. The second kappa shape index (κ2) is 3.08. The minimum absolute atomic E-state index is 0. The van der Waals surface area contributed by atoms with Gasteiger partial charge in [-0.25, -0.2) is 0 Å². The molecule has 1 aliphatic rings. The van der Waals surface area contributed by atoms with E-state index in [1.165, 1.54) is 32.1 Å². The van der Waals surface area contributed by atoms with Crippen LogP contribution in [0.4, 0.5) is 0 Å². The highest BCUT2D eigenvalue weighted by molar-refractivity contribution is 4.63. The molecule has 1 fully saturated rings. The highest BCUT2D eigenvalue weighted by Crippen LogP contribution is 2.18. The third-order valence-electron chi connectivity index (χ3n) is 1.89. The van der Waals surface area contributed by atoms with Crippen molar-refractivity contribution < 1.29 is 6.16 Å². The Hall–Kier alpha value is -0.0400. The number of hydrogen-bond donors (Lipinski definition) is 0. The summed E-state index contributed by atoms with van der Waals surface area (Å²) in [4.78, 5) is 0. The summed E-state index contributed by atoms with van der Waals surface area (Å²) in [5.74, 6) is 0. The molecular formula is C7H16O. The normalized spacial score (nSPS) is 23.6. The Bertz CT molecular complexity index is 59.9. The number of methoxy groups -OCH3 is 1. The van der Waals surface area contributed by atoms with Crippen molar-refractivity contribution in [3.63, 3.8) is 0 Å². The molecule has 0 aromatic carbocycles. The van der Waals surface area contributed by atoms with Crippen LogP contribution in [0.3, 0.4) is 0 Å². The van der Waals surface area contributed by atoms with E-state index < -0.39 is 0 Å². The standard InChI is InChI=1S/C7H14O.H2/c1-8-7-5-3-2-4-6-7;/h7H,2-6H2,1H3;1H. The summed E-state index contributed by atoms with van der Waals surface area (Å²) in [5, 5.41) is 0. The highest BCUT2D eigenvalue weighted by Gasteiger charge is 2.10. The first-order valence-corrected chi connectivity index (χ1v) is 3.46. The molecule has 0 heterocycles. The Morgan fingerprint density at radius 1 is 1.25 bits per heavy atom. The van der Waals surface area contributed by atoms with E-state index in [0.29, 0.717) is 6.10 Å². The maximum atomic E-state index is 5.19. The van der Waals surface area contributed by atoms with E-state index in [4.69, 9.17) is 4.74 Å². The zero-order chi connectivity index (χ0) is 5.82. The van der Waals surface area contributed by atoms with Gasteiger partial charge in [0.05, 0.1) is 6.10 Å². The molecule has 0 amide bonds. The third kappa shape index (κ3) is 1.48. The van der Waals surface area contributed by atoms with Crippen molar-refractivity contribution in [2.24, 2.45) is 0 Å². The average molecular weight is 116 g/mol. The lowest BCUT2D eigenvalue weighted by molar-refractivity contribution is 0.0710. The van der Waals surface area contributed by atoms with Crippen LogP contribution in [0.2, 0.25) is 0 Å². The molecule has 1 heteroatoms. The quantitative estimate of drug-likeness (QED) is 0.510. The molecule has 1 aliphatic carbocycles. The molecule has 0 saturated heterocycles. The van der Waals surface area contributed by atoms with Crippen LogP contribution in [-0.4, -0.2) is 13.2 Å². The van der Waals surface area contributed by atoms with Gasteiger partial charge in [0, 0.05) is 8.54 Å². The van der Waals surface area contributed by atoms with Gasteiger partial charge in [0.2, 0.25) is 0 Å². The van der Waals surface area contributed by atoms with Crippen molar-refractivity contribution in [2.45, 2.75) is 38.2 Å². The Morgan fingerprint density at radius 3 is 2.25 bits per heavy atom. The van der Waals surface area contributed by atoms with Gasteiger partial charge in [0.15, 0.2) is 0 Å². The molecule has 0 N–H and O–H groups in total. The molecule has 1 nitrogen and oxygen atoms in total. The topological polar surface area (TPSA) is 9.23 Å². The van der Waals surface area contributed by atoms with E-state index in [1.54, 1.807) is 0 Å². The second-order valence-corrected chi connectivity index (χ2v) is 2.50. The molecular weight excluding hydrogens is 100 g/mol. The largest absolute Gasteiger partial charge is 0.381 e. The van der Waals surface area contributed by atoms with Gasteiger partial charge >= 0.3 is 0 Å². The van der Waals surface area contributed by atoms with E-state index in [-0.39, 0.29) is 1.43 Å². The van der Waals surface area contributed by atoms with Crippen LogP contribution in [-0.2, 0) is 4.74 Å². The lowest BCUT2D eigenvalue weighted by atomic mass is 9.98. The summed E-state index contributed by atoms with van der Waals surface area (Å²) in [5.41, 5.74) is 0. The van der Waals surface area contributed by atoms with E-state index >= 15 is 0 Å². The predicted molar refractivity (Wildman–Crippen MR) is 36.0 cm³/mol. The highest BCUT2D eigenvalue weighted by atomic mass is 16.5. The molecule has 1 rings (SSSR count). The van der Waals surface area contributed by atoms with Gasteiger partial charge in [-0.05, 0) is 12.8 Å². The summed E-state index contributed by atoms with van der Waals surface area (Å²) in [6, 6.07) is 0. The van der Waals surface area contributed by atoms with Crippen molar-refractivity contribution in [2.75, 3.05) is 7.11 Å². The van der Waals surface area contributed by atoms with E-state index in [0.717, 1.165) is 0 Å². The molecule has 0 aromatic rings. The van der Waals surface area contributed by atoms with Crippen LogP contribution in [0, 0.1) is 0 Å². The lowest BCUT2D eigenvalue weighted by Gasteiger charge is -2.19. The Morgan fingerprint density at radius 2 is 1.88 bits per heavy atom. The zero-order valence-corrected chi connectivity index (χ0v) is 5.52. The number of rotatable bonds is 1. The van der Waals surface area contributed by atoms with E-state index in [9.17, 15) is 0 Å². The van der Waals surface area contributed by atoms with Crippen molar-refractivity contribution in [1.82, 2.24) is 0 Å². The van der Waals surface area contributed by atoms with E-state index in [2.05, 4.69) is 0 Å². The van der Waals surface area contributed by atoms with Crippen LogP contribution in [0.25, 0.3) is 0 Å².